The van der Waals surface area contributed by atoms with Gasteiger partial charge >= 0.3 is 0 Å². The van der Waals surface area contributed by atoms with Crippen LogP contribution in [0.4, 0.5) is 13.2 Å². The predicted octanol–water partition coefficient (Wildman–Crippen LogP) is 4.58. The fraction of sp³-hybridized carbons (Fsp3) is 0.600. The van der Waals surface area contributed by atoms with Gasteiger partial charge in [-0.2, -0.15) is 0 Å². The van der Waals surface area contributed by atoms with E-state index in [0.29, 0.717) is 18.0 Å². The Balaban J connectivity index is 2.80. The second-order valence-electron chi connectivity index (χ2n) is 5.23. The lowest BCUT2D eigenvalue weighted by atomic mass is 9.97. The number of hydrogen-bond acceptors (Lipinski definition) is 1. The molecule has 0 saturated heterocycles. The zero-order chi connectivity index (χ0) is 14.4. The molecule has 1 nitrogen and oxygen atoms in total. The summed E-state index contributed by atoms with van der Waals surface area (Å²) in [5.74, 6) is -3.05. The minimum absolute atomic E-state index is 0.131. The van der Waals surface area contributed by atoms with Crippen LogP contribution < -0.4 is 5.32 Å². The number of benzene rings is 1. The maximum absolute atomic E-state index is 13.2. The Morgan fingerprint density at radius 3 is 2.11 bits per heavy atom. The Hall–Kier alpha value is -1.03. The van der Waals surface area contributed by atoms with Crippen LogP contribution in [-0.2, 0) is 0 Å². The van der Waals surface area contributed by atoms with E-state index in [-0.39, 0.29) is 6.04 Å². The van der Waals surface area contributed by atoms with Crippen LogP contribution in [0.25, 0.3) is 0 Å². The normalized spacial score (nSPS) is 13.0. The maximum atomic E-state index is 13.2. The summed E-state index contributed by atoms with van der Waals surface area (Å²) >= 11 is 0. The Bertz CT molecular complexity index is 381. The first-order valence-electron chi connectivity index (χ1n) is 6.83. The average molecular weight is 273 g/mol. The molecule has 0 aliphatic carbocycles. The average Bonchev–Trinajstić information content (AvgIpc) is 2.34. The minimum Gasteiger partial charge on any atom is -0.310 e. The van der Waals surface area contributed by atoms with Crippen molar-refractivity contribution in [2.45, 2.75) is 46.1 Å². The molecule has 0 aliphatic heterocycles. The van der Waals surface area contributed by atoms with Crippen LogP contribution in [-0.4, -0.2) is 6.54 Å². The fourth-order valence-electron chi connectivity index (χ4n) is 2.14. The molecule has 0 spiro atoms. The van der Waals surface area contributed by atoms with Crippen LogP contribution in [0.2, 0.25) is 0 Å². The van der Waals surface area contributed by atoms with E-state index >= 15 is 0 Å². The second-order valence-corrected chi connectivity index (χ2v) is 5.23. The molecule has 1 aromatic carbocycles. The molecule has 0 amide bonds. The Kier molecular flexibility index (Phi) is 6.35. The lowest BCUT2D eigenvalue weighted by Gasteiger charge is -2.19. The summed E-state index contributed by atoms with van der Waals surface area (Å²) in [5, 5.41) is 3.19. The van der Waals surface area contributed by atoms with Gasteiger partial charge in [-0.3, -0.25) is 0 Å². The zero-order valence-electron chi connectivity index (χ0n) is 11.8. The van der Waals surface area contributed by atoms with Gasteiger partial charge in [0.15, 0.2) is 17.5 Å². The van der Waals surface area contributed by atoms with Crippen molar-refractivity contribution in [2.75, 3.05) is 6.54 Å². The van der Waals surface area contributed by atoms with Gasteiger partial charge < -0.3 is 5.32 Å². The van der Waals surface area contributed by atoms with Crippen LogP contribution >= 0.6 is 0 Å². The van der Waals surface area contributed by atoms with Gasteiger partial charge in [-0.15, -0.1) is 0 Å². The molecule has 0 heterocycles. The van der Waals surface area contributed by atoms with Crippen molar-refractivity contribution in [2.24, 2.45) is 5.92 Å². The third-order valence-electron chi connectivity index (χ3n) is 3.13. The number of nitrogens with one attached hydrogen (secondary N) is 1. The first-order valence-corrected chi connectivity index (χ1v) is 6.83. The quantitative estimate of drug-likeness (QED) is 0.717. The van der Waals surface area contributed by atoms with Gasteiger partial charge in [0.1, 0.15) is 0 Å². The van der Waals surface area contributed by atoms with Gasteiger partial charge in [-0.1, -0.05) is 33.6 Å². The van der Waals surface area contributed by atoms with Crippen molar-refractivity contribution in [3.05, 3.63) is 35.1 Å². The van der Waals surface area contributed by atoms with Crippen LogP contribution in [0.3, 0.4) is 0 Å². The summed E-state index contributed by atoms with van der Waals surface area (Å²) < 4.78 is 39.4. The highest BCUT2D eigenvalue weighted by Gasteiger charge is 2.16. The van der Waals surface area contributed by atoms with Gasteiger partial charge in [0.05, 0.1) is 0 Å². The molecule has 1 atom stereocenters. The largest absolute Gasteiger partial charge is 0.310 e. The third kappa shape index (κ3) is 4.86. The fourth-order valence-corrected chi connectivity index (χ4v) is 2.14. The highest BCUT2D eigenvalue weighted by molar-refractivity contribution is 5.22. The molecule has 4 heteroatoms. The molecule has 0 fully saturated rings. The lowest BCUT2D eigenvalue weighted by molar-refractivity contribution is 0.428. The Labute approximate surface area is 113 Å². The molecule has 108 valence electrons. The van der Waals surface area contributed by atoms with E-state index in [0.717, 1.165) is 31.4 Å². The molecular formula is C15H22F3N. The smallest absolute Gasteiger partial charge is 0.194 e. The molecule has 0 aliphatic rings. The Morgan fingerprint density at radius 1 is 1.05 bits per heavy atom. The second kappa shape index (κ2) is 7.53. The van der Waals surface area contributed by atoms with Crippen molar-refractivity contribution in [3.63, 3.8) is 0 Å². The van der Waals surface area contributed by atoms with Crippen LogP contribution in [0.5, 0.6) is 0 Å². The first kappa shape index (κ1) is 16.0. The summed E-state index contributed by atoms with van der Waals surface area (Å²) in [6.07, 6.45) is 2.82. The van der Waals surface area contributed by atoms with Crippen molar-refractivity contribution in [3.8, 4) is 0 Å². The van der Waals surface area contributed by atoms with Crippen molar-refractivity contribution in [1.29, 1.82) is 0 Å². The first-order chi connectivity index (χ1) is 8.95. The SMILES string of the molecule is CCNC(CCCC(C)C)c1cc(F)c(F)c(F)c1. The van der Waals surface area contributed by atoms with Crippen molar-refractivity contribution in [1.82, 2.24) is 5.32 Å². The predicted molar refractivity (Wildman–Crippen MR) is 71.4 cm³/mol. The van der Waals surface area contributed by atoms with E-state index in [1.54, 1.807) is 0 Å². The molecular weight excluding hydrogens is 251 g/mol. The van der Waals surface area contributed by atoms with E-state index < -0.39 is 17.5 Å². The molecule has 0 bridgehead atoms. The monoisotopic (exact) mass is 273 g/mol. The number of halogens is 3. The lowest BCUT2D eigenvalue weighted by Crippen LogP contribution is -2.21. The van der Waals surface area contributed by atoms with E-state index in [1.807, 2.05) is 6.92 Å². The highest BCUT2D eigenvalue weighted by atomic mass is 19.2. The summed E-state index contributed by atoms with van der Waals surface area (Å²) in [6.45, 7) is 6.91. The van der Waals surface area contributed by atoms with E-state index in [2.05, 4.69) is 19.2 Å². The van der Waals surface area contributed by atoms with Crippen LogP contribution in [0.15, 0.2) is 12.1 Å². The molecule has 1 N–H and O–H groups in total. The van der Waals surface area contributed by atoms with Crippen LogP contribution in [0.1, 0.15) is 51.6 Å². The van der Waals surface area contributed by atoms with E-state index in [9.17, 15) is 13.2 Å². The maximum Gasteiger partial charge on any atom is 0.194 e. The van der Waals surface area contributed by atoms with Gasteiger partial charge in [-0.05, 0) is 36.6 Å². The third-order valence-corrected chi connectivity index (χ3v) is 3.13. The summed E-state index contributed by atoms with van der Waals surface area (Å²) in [7, 11) is 0. The minimum atomic E-state index is -1.40. The molecule has 1 rings (SSSR count). The topological polar surface area (TPSA) is 12.0 Å². The Morgan fingerprint density at radius 2 is 1.63 bits per heavy atom. The van der Waals surface area contributed by atoms with Gasteiger partial charge in [0.25, 0.3) is 0 Å². The summed E-state index contributed by atoms with van der Waals surface area (Å²) in [4.78, 5) is 0. The number of rotatable bonds is 7. The van der Waals surface area contributed by atoms with Gasteiger partial charge in [-0.25, -0.2) is 13.2 Å². The molecule has 1 aromatic rings. The standard InChI is InChI=1S/C15H22F3N/c1-4-19-14(7-5-6-10(2)3)11-8-12(16)15(18)13(17)9-11/h8-10,14,19H,4-7H2,1-3H3. The number of hydrogen-bond donors (Lipinski definition) is 1. The van der Waals surface area contributed by atoms with Gasteiger partial charge in [0.2, 0.25) is 0 Å². The van der Waals surface area contributed by atoms with Crippen molar-refractivity contribution >= 4 is 0 Å². The van der Waals surface area contributed by atoms with E-state index in [1.165, 1.54) is 0 Å². The molecule has 0 aromatic heterocycles. The molecule has 0 radical (unpaired) electrons. The van der Waals surface area contributed by atoms with E-state index in [4.69, 9.17) is 0 Å². The highest BCUT2D eigenvalue weighted by Crippen LogP contribution is 2.24. The molecule has 1 unspecified atom stereocenters. The summed E-state index contributed by atoms with van der Waals surface area (Å²) in [6, 6.07) is 2.04. The molecule has 0 saturated carbocycles. The molecule has 19 heavy (non-hydrogen) atoms. The zero-order valence-corrected chi connectivity index (χ0v) is 11.8. The van der Waals surface area contributed by atoms with Crippen LogP contribution in [0, 0.1) is 23.4 Å². The van der Waals surface area contributed by atoms with Crippen molar-refractivity contribution < 1.29 is 13.2 Å². The van der Waals surface area contributed by atoms with Gasteiger partial charge in [0, 0.05) is 6.04 Å². The summed E-state index contributed by atoms with van der Waals surface area (Å²) in [5.41, 5.74) is 0.474.